The zero-order chi connectivity index (χ0) is 18.5. The van der Waals surface area contributed by atoms with Gasteiger partial charge in [0.25, 0.3) is 0 Å². The highest BCUT2D eigenvalue weighted by molar-refractivity contribution is 6.30. The third-order valence-electron chi connectivity index (χ3n) is 4.18. The summed E-state index contributed by atoms with van der Waals surface area (Å²) in [5, 5.41) is 11.7. The van der Waals surface area contributed by atoms with E-state index in [-0.39, 0.29) is 22.7 Å². The van der Waals surface area contributed by atoms with E-state index in [1.807, 2.05) is 0 Å². The van der Waals surface area contributed by atoms with E-state index in [1.54, 1.807) is 24.3 Å². The Morgan fingerprint density at radius 3 is 2.88 bits per heavy atom. The van der Waals surface area contributed by atoms with Crippen LogP contribution in [0.5, 0.6) is 5.75 Å². The van der Waals surface area contributed by atoms with Crippen molar-refractivity contribution in [2.75, 3.05) is 19.8 Å². The Kier molecular flexibility index (Phi) is 5.90. The van der Waals surface area contributed by atoms with Crippen LogP contribution in [-0.2, 0) is 4.74 Å². The highest BCUT2D eigenvalue weighted by Crippen LogP contribution is 2.25. The molecule has 1 aromatic carbocycles. The molecule has 0 unspecified atom stereocenters. The number of ether oxygens (including phenoxy) is 2. The quantitative estimate of drug-likeness (QED) is 0.828. The van der Waals surface area contributed by atoms with Crippen LogP contribution in [0.3, 0.4) is 0 Å². The van der Waals surface area contributed by atoms with Crippen LogP contribution in [0.1, 0.15) is 6.42 Å². The van der Waals surface area contributed by atoms with Crippen molar-refractivity contribution in [2.24, 2.45) is 5.92 Å². The normalized spacial score (nSPS) is 19.8. The van der Waals surface area contributed by atoms with Crippen LogP contribution in [0.25, 0.3) is 11.3 Å². The van der Waals surface area contributed by atoms with E-state index in [4.69, 9.17) is 26.2 Å². The van der Waals surface area contributed by atoms with Gasteiger partial charge in [-0.2, -0.15) is 0 Å². The Morgan fingerprint density at radius 2 is 2.19 bits per heavy atom. The van der Waals surface area contributed by atoms with Crippen molar-refractivity contribution in [1.29, 1.82) is 0 Å². The van der Waals surface area contributed by atoms with Crippen molar-refractivity contribution in [1.82, 2.24) is 10.3 Å². The molecule has 0 bridgehead atoms. The standard InChI is InChI=1S/C18H18ClFN2O4/c19-13-7-15(20)17(21-8-13)11-1-3-14(4-2-11)26-10-12-9-25-6-5-16(12)22-18(23)24/h1-4,7-8,12,16,22H,5-6,9-10H2,(H,23,24)/t12-,16+/m1/s1. The molecule has 138 valence electrons. The summed E-state index contributed by atoms with van der Waals surface area (Å²) in [6.45, 7) is 1.27. The highest BCUT2D eigenvalue weighted by Gasteiger charge is 2.27. The lowest BCUT2D eigenvalue weighted by molar-refractivity contribution is 0.0140. The van der Waals surface area contributed by atoms with Crippen molar-refractivity contribution in [2.45, 2.75) is 12.5 Å². The summed E-state index contributed by atoms with van der Waals surface area (Å²) < 4.78 is 25.1. The second-order valence-corrected chi connectivity index (χ2v) is 6.44. The molecule has 2 N–H and O–H groups in total. The molecule has 8 heteroatoms. The average molecular weight is 381 g/mol. The number of aromatic nitrogens is 1. The summed E-state index contributed by atoms with van der Waals surface area (Å²) in [6, 6.07) is 7.86. The number of hydrogen-bond acceptors (Lipinski definition) is 4. The Morgan fingerprint density at radius 1 is 1.42 bits per heavy atom. The van der Waals surface area contributed by atoms with Crippen LogP contribution < -0.4 is 10.1 Å². The number of carbonyl (C=O) groups is 1. The number of halogens is 2. The van der Waals surface area contributed by atoms with Gasteiger partial charge in [0, 0.05) is 30.3 Å². The maximum atomic E-state index is 13.9. The van der Waals surface area contributed by atoms with Crippen molar-refractivity contribution < 1.29 is 23.8 Å². The molecule has 1 aliphatic heterocycles. The Hall–Kier alpha value is -2.38. The predicted octanol–water partition coefficient (Wildman–Crippen LogP) is 3.59. The summed E-state index contributed by atoms with van der Waals surface area (Å²) >= 11 is 5.71. The van der Waals surface area contributed by atoms with E-state index in [9.17, 15) is 9.18 Å². The number of nitrogens with zero attached hydrogens (tertiary/aromatic N) is 1. The van der Waals surface area contributed by atoms with Gasteiger partial charge < -0.3 is 19.9 Å². The van der Waals surface area contributed by atoms with Crippen LogP contribution in [0, 0.1) is 11.7 Å². The molecule has 1 aromatic heterocycles. The summed E-state index contributed by atoms with van der Waals surface area (Å²) in [7, 11) is 0. The van der Waals surface area contributed by atoms with Crippen LogP contribution in [-0.4, -0.2) is 42.0 Å². The van der Waals surface area contributed by atoms with E-state index >= 15 is 0 Å². The second-order valence-electron chi connectivity index (χ2n) is 6.00. The van der Waals surface area contributed by atoms with Gasteiger partial charge in [0.1, 0.15) is 11.4 Å². The molecule has 1 amide bonds. The molecule has 2 atom stereocenters. The fraction of sp³-hybridized carbons (Fsp3) is 0.333. The number of carboxylic acid groups (broad SMARTS) is 1. The van der Waals surface area contributed by atoms with E-state index in [2.05, 4.69) is 10.3 Å². The van der Waals surface area contributed by atoms with Crippen molar-refractivity contribution in [3.63, 3.8) is 0 Å². The molecule has 0 aliphatic carbocycles. The summed E-state index contributed by atoms with van der Waals surface area (Å²) in [5.74, 6) is 0.0331. The van der Waals surface area contributed by atoms with Gasteiger partial charge in [0.2, 0.25) is 0 Å². The van der Waals surface area contributed by atoms with Gasteiger partial charge >= 0.3 is 6.09 Å². The third-order valence-corrected chi connectivity index (χ3v) is 4.39. The molecule has 0 saturated carbocycles. The summed E-state index contributed by atoms with van der Waals surface area (Å²) in [5.41, 5.74) is 0.824. The zero-order valence-corrected chi connectivity index (χ0v) is 14.6. The van der Waals surface area contributed by atoms with Gasteiger partial charge in [-0.3, -0.25) is 4.98 Å². The molecular weight excluding hydrogens is 363 g/mol. The lowest BCUT2D eigenvalue weighted by Gasteiger charge is -2.31. The molecule has 3 rings (SSSR count). The first-order valence-corrected chi connectivity index (χ1v) is 8.52. The van der Waals surface area contributed by atoms with Crippen LogP contribution >= 0.6 is 11.6 Å². The summed E-state index contributed by atoms with van der Waals surface area (Å²) in [6.07, 6.45) is 0.952. The third kappa shape index (κ3) is 4.62. The Bertz CT molecular complexity index is 772. The topological polar surface area (TPSA) is 80.7 Å². The van der Waals surface area contributed by atoms with Crippen molar-refractivity contribution in [3.05, 3.63) is 47.4 Å². The fourth-order valence-electron chi connectivity index (χ4n) is 2.85. The predicted molar refractivity (Wildman–Crippen MR) is 94.0 cm³/mol. The second kappa shape index (κ2) is 8.33. The van der Waals surface area contributed by atoms with Crippen molar-refractivity contribution in [3.8, 4) is 17.0 Å². The van der Waals surface area contributed by atoms with E-state index in [1.165, 1.54) is 12.3 Å². The number of benzene rings is 1. The monoisotopic (exact) mass is 380 g/mol. The molecular formula is C18H18ClFN2O4. The smallest absolute Gasteiger partial charge is 0.404 e. The molecule has 6 nitrogen and oxygen atoms in total. The van der Waals surface area contributed by atoms with Gasteiger partial charge in [0.15, 0.2) is 5.82 Å². The lowest BCUT2D eigenvalue weighted by Crippen LogP contribution is -2.47. The fourth-order valence-corrected chi connectivity index (χ4v) is 2.99. The molecule has 1 fully saturated rings. The van der Waals surface area contributed by atoms with E-state index in [0.717, 1.165) is 0 Å². The number of nitrogens with one attached hydrogen (secondary N) is 1. The van der Waals surface area contributed by atoms with Crippen LogP contribution in [0.2, 0.25) is 5.02 Å². The average Bonchev–Trinajstić information content (AvgIpc) is 2.61. The molecule has 1 aliphatic rings. The number of hydrogen-bond donors (Lipinski definition) is 2. The SMILES string of the molecule is O=C(O)N[C@H]1CCOC[C@@H]1COc1ccc(-c2ncc(Cl)cc2F)cc1. The minimum absolute atomic E-state index is 0.0742. The maximum absolute atomic E-state index is 13.9. The Balaban J connectivity index is 1.63. The maximum Gasteiger partial charge on any atom is 0.404 e. The summed E-state index contributed by atoms with van der Waals surface area (Å²) in [4.78, 5) is 14.9. The zero-order valence-electron chi connectivity index (χ0n) is 13.8. The lowest BCUT2D eigenvalue weighted by atomic mass is 9.97. The van der Waals surface area contributed by atoms with Gasteiger partial charge in [-0.05, 0) is 36.8 Å². The van der Waals surface area contributed by atoms with E-state index in [0.29, 0.717) is 37.6 Å². The van der Waals surface area contributed by atoms with E-state index < -0.39 is 11.9 Å². The van der Waals surface area contributed by atoms with Crippen molar-refractivity contribution >= 4 is 17.7 Å². The van der Waals surface area contributed by atoms with Crippen LogP contribution in [0.4, 0.5) is 9.18 Å². The molecule has 1 saturated heterocycles. The molecule has 2 aromatic rings. The molecule has 26 heavy (non-hydrogen) atoms. The number of amides is 1. The first-order valence-electron chi connectivity index (χ1n) is 8.14. The first kappa shape index (κ1) is 18.4. The number of pyridine rings is 1. The Labute approximate surface area is 154 Å². The first-order chi connectivity index (χ1) is 12.5. The molecule has 2 heterocycles. The minimum Gasteiger partial charge on any atom is -0.493 e. The largest absolute Gasteiger partial charge is 0.493 e. The van der Waals surface area contributed by atoms with Gasteiger partial charge in [0.05, 0.1) is 18.2 Å². The van der Waals surface area contributed by atoms with Gasteiger partial charge in [-0.25, -0.2) is 9.18 Å². The molecule has 0 spiro atoms. The minimum atomic E-state index is -1.05. The highest BCUT2D eigenvalue weighted by atomic mass is 35.5. The van der Waals surface area contributed by atoms with Crippen LogP contribution in [0.15, 0.2) is 36.5 Å². The van der Waals surface area contributed by atoms with Gasteiger partial charge in [-0.1, -0.05) is 11.6 Å². The van der Waals surface area contributed by atoms with Gasteiger partial charge in [-0.15, -0.1) is 0 Å². The number of rotatable bonds is 5. The molecule has 0 radical (unpaired) electrons.